The van der Waals surface area contributed by atoms with E-state index in [2.05, 4.69) is 4.98 Å². The van der Waals surface area contributed by atoms with Gasteiger partial charge in [0.1, 0.15) is 5.75 Å². The summed E-state index contributed by atoms with van der Waals surface area (Å²) in [7, 11) is 0. The molecular formula is C20H26N2O2. The summed E-state index contributed by atoms with van der Waals surface area (Å²) in [6, 6.07) is 11.8. The van der Waals surface area contributed by atoms with Crippen molar-refractivity contribution in [3.63, 3.8) is 0 Å². The maximum absolute atomic E-state index is 12.8. The van der Waals surface area contributed by atoms with Crippen molar-refractivity contribution < 1.29 is 9.53 Å². The summed E-state index contributed by atoms with van der Waals surface area (Å²) in [6.07, 6.45) is 3.96. The van der Waals surface area contributed by atoms with Gasteiger partial charge in [-0.25, -0.2) is 0 Å². The number of ether oxygens (including phenoxy) is 1. The zero-order valence-corrected chi connectivity index (χ0v) is 14.9. The molecule has 0 aliphatic carbocycles. The normalized spacial score (nSPS) is 10.9. The Balaban J connectivity index is 2.14. The minimum absolute atomic E-state index is 0.0813. The van der Waals surface area contributed by atoms with Crippen LogP contribution in [0.3, 0.4) is 0 Å². The van der Waals surface area contributed by atoms with E-state index >= 15 is 0 Å². The zero-order chi connectivity index (χ0) is 17.5. The zero-order valence-electron chi connectivity index (χ0n) is 14.9. The lowest BCUT2D eigenvalue weighted by atomic mass is 10.1. The van der Waals surface area contributed by atoms with Gasteiger partial charge in [0, 0.05) is 30.5 Å². The topological polar surface area (TPSA) is 42.4 Å². The Morgan fingerprint density at radius 1 is 1.12 bits per heavy atom. The van der Waals surface area contributed by atoms with Crippen molar-refractivity contribution in [1.82, 2.24) is 9.88 Å². The molecule has 1 aromatic carbocycles. The summed E-state index contributed by atoms with van der Waals surface area (Å²) in [5.74, 6) is 0.875. The highest BCUT2D eigenvalue weighted by Crippen LogP contribution is 2.21. The van der Waals surface area contributed by atoms with E-state index in [1.807, 2.05) is 69.0 Å². The Hall–Kier alpha value is -2.36. The van der Waals surface area contributed by atoms with Crippen LogP contribution in [0.25, 0.3) is 0 Å². The van der Waals surface area contributed by atoms with Crippen LogP contribution < -0.4 is 4.74 Å². The number of hydrogen-bond donors (Lipinski definition) is 0. The van der Waals surface area contributed by atoms with Crippen LogP contribution in [0.2, 0.25) is 0 Å². The molecule has 2 rings (SSSR count). The molecule has 4 nitrogen and oxygen atoms in total. The fraction of sp³-hybridized carbons (Fsp3) is 0.400. The van der Waals surface area contributed by atoms with Gasteiger partial charge in [-0.2, -0.15) is 0 Å². The Kier molecular flexibility index (Phi) is 6.36. The third-order valence-electron chi connectivity index (χ3n) is 3.70. The maximum Gasteiger partial charge on any atom is 0.227 e. The second-order valence-corrected chi connectivity index (χ2v) is 6.43. The number of rotatable bonds is 7. The second kappa shape index (κ2) is 8.48. The van der Waals surface area contributed by atoms with E-state index in [9.17, 15) is 4.79 Å². The monoisotopic (exact) mass is 326 g/mol. The van der Waals surface area contributed by atoms with Gasteiger partial charge in [0.25, 0.3) is 0 Å². The average Bonchev–Trinajstić information content (AvgIpc) is 2.54. The van der Waals surface area contributed by atoms with Gasteiger partial charge >= 0.3 is 0 Å². The predicted molar refractivity (Wildman–Crippen MR) is 95.8 cm³/mol. The van der Waals surface area contributed by atoms with Gasteiger partial charge in [0.2, 0.25) is 5.91 Å². The van der Waals surface area contributed by atoms with Gasteiger partial charge in [-0.05, 0) is 45.4 Å². The van der Waals surface area contributed by atoms with Crippen molar-refractivity contribution in [3.8, 4) is 5.75 Å². The molecular weight excluding hydrogens is 300 g/mol. The van der Waals surface area contributed by atoms with E-state index in [0.29, 0.717) is 13.0 Å². The molecule has 24 heavy (non-hydrogen) atoms. The lowest BCUT2D eigenvalue weighted by molar-refractivity contribution is -0.132. The third kappa shape index (κ3) is 5.08. The molecule has 0 saturated carbocycles. The molecule has 1 amide bonds. The minimum Gasteiger partial charge on any atom is -0.491 e. The van der Waals surface area contributed by atoms with Crippen molar-refractivity contribution >= 4 is 5.91 Å². The fourth-order valence-electron chi connectivity index (χ4n) is 2.53. The molecule has 0 N–H and O–H groups in total. The van der Waals surface area contributed by atoms with Gasteiger partial charge in [-0.15, -0.1) is 0 Å². The summed E-state index contributed by atoms with van der Waals surface area (Å²) >= 11 is 0. The van der Waals surface area contributed by atoms with Crippen molar-refractivity contribution in [1.29, 1.82) is 0 Å². The summed E-state index contributed by atoms with van der Waals surface area (Å²) in [5.41, 5.74) is 1.96. The van der Waals surface area contributed by atoms with Gasteiger partial charge in [-0.1, -0.05) is 24.3 Å². The molecule has 128 valence electrons. The summed E-state index contributed by atoms with van der Waals surface area (Å²) in [4.78, 5) is 18.9. The highest BCUT2D eigenvalue weighted by Gasteiger charge is 2.19. The van der Waals surface area contributed by atoms with Crippen LogP contribution in [0.1, 0.15) is 38.8 Å². The Bertz CT molecular complexity index is 654. The molecule has 0 spiro atoms. The molecule has 0 saturated heterocycles. The molecule has 0 bridgehead atoms. The van der Waals surface area contributed by atoms with Gasteiger partial charge in [-0.3, -0.25) is 9.78 Å². The van der Waals surface area contributed by atoms with Gasteiger partial charge in [0.05, 0.1) is 12.5 Å². The quantitative estimate of drug-likeness (QED) is 0.776. The molecule has 0 unspecified atom stereocenters. The highest BCUT2D eigenvalue weighted by atomic mass is 16.5. The number of para-hydroxylation sites is 1. The summed E-state index contributed by atoms with van der Waals surface area (Å²) in [5, 5.41) is 0. The van der Waals surface area contributed by atoms with Crippen molar-refractivity contribution in [2.24, 2.45) is 0 Å². The van der Waals surface area contributed by atoms with E-state index in [1.165, 1.54) is 0 Å². The Morgan fingerprint density at radius 2 is 1.88 bits per heavy atom. The molecule has 0 aliphatic heterocycles. The number of pyridine rings is 1. The van der Waals surface area contributed by atoms with Crippen molar-refractivity contribution in [2.45, 2.75) is 52.8 Å². The SMILES string of the molecule is CC(C)Oc1ccccc1CC(=O)N(Cc1cccnc1)C(C)C. The number of carbonyl (C=O) groups is 1. The second-order valence-electron chi connectivity index (χ2n) is 6.43. The van der Waals surface area contributed by atoms with Crippen molar-refractivity contribution in [3.05, 3.63) is 59.9 Å². The van der Waals surface area contributed by atoms with E-state index in [4.69, 9.17) is 4.74 Å². The van der Waals surface area contributed by atoms with Gasteiger partial charge in [0.15, 0.2) is 0 Å². The number of amides is 1. The lowest BCUT2D eigenvalue weighted by Gasteiger charge is -2.27. The van der Waals surface area contributed by atoms with Gasteiger partial charge < -0.3 is 9.64 Å². The standard InChI is InChI=1S/C20H26N2O2/c1-15(2)22(14-17-8-7-11-21-13-17)20(23)12-18-9-5-6-10-19(18)24-16(3)4/h5-11,13,15-16H,12,14H2,1-4H3. The first-order valence-electron chi connectivity index (χ1n) is 8.40. The molecule has 2 aromatic rings. The smallest absolute Gasteiger partial charge is 0.227 e. The number of hydrogen-bond acceptors (Lipinski definition) is 3. The van der Waals surface area contributed by atoms with E-state index in [0.717, 1.165) is 16.9 Å². The molecule has 4 heteroatoms. The Labute approximate surface area is 144 Å². The van der Waals surface area contributed by atoms with Crippen LogP contribution in [0.5, 0.6) is 5.75 Å². The minimum atomic E-state index is 0.0813. The summed E-state index contributed by atoms with van der Waals surface area (Å²) in [6.45, 7) is 8.61. The van der Waals surface area contributed by atoms with Crippen LogP contribution in [-0.2, 0) is 17.8 Å². The Morgan fingerprint density at radius 3 is 2.50 bits per heavy atom. The first-order chi connectivity index (χ1) is 11.5. The van der Waals surface area contributed by atoms with E-state index in [1.54, 1.807) is 12.4 Å². The largest absolute Gasteiger partial charge is 0.491 e. The molecule has 0 fully saturated rings. The molecule has 0 radical (unpaired) electrons. The number of benzene rings is 1. The summed E-state index contributed by atoms with van der Waals surface area (Å²) < 4.78 is 5.82. The van der Waals surface area contributed by atoms with Crippen LogP contribution in [-0.4, -0.2) is 27.9 Å². The number of aromatic nitrogens is 1. The molecule has 1 heterocycles. The van der Waals surface area contributed by atoms with Crippen LogP contribution in [0.4, 0.5) is 0 Å². The number of nitrogens with zero attached hydrogens (tertiary/aromatic N) is 2. The lowest BCUT2D eigenvalue weighted by Crippen LogP contribution is -2.37. The molecule has 0 aliphatic rings. The van der Waals surface area contributed by atoms with Crippen LogP contribution in [0, 0.1) is 0 Å². The average molecular weight is 326 g/mol. The van der Waals surface area contributed by atoms with Crippen molar-refractivity contribution in [2.75, 3.05) is 0 Å². The van der Waals surface area contributed by atoms with Crippen LogP contribution >= 0.6 is 0 Å². The molecule has 0 atom stereocenters. The molecule has 1 aromatic heterocycles. The fourth-order valence-corrected chi connectivity index (χ4v) is 2.53. The predicted octanol–water partition coefficient (Wildman–Crippen LogP) is 3.85. The first kappa shape index (κ1) is 18.0. The van der Waals surface area contributed by atoms with E-state index < -0.39 is 0 Å². The van der Waals surface area contributed by atoms with E-state index in [-0.39, 0.29) is 18.1 Å². The third-order valence-corrected chi connectivity index (χ3v) is 3.70. The first-order valence-corrected chi connectivity index (χ1v) is 8.40. The van der Waals surface area contributed by atoms with Crippen LogP contribution in [0.15, 0.2) is 48.8 Å². The highest BCUT2D eigenvalue weighted by molar-refractivity contribution is 5.79. The maximum atomic E-state index is 12.8. The number of carbonyl (C=O) groups excluding carboxylic acids is 1.